The predicted molar refractivity (Wildman–Crippen MR) is 154 cm³/mol. The number of carbonyl (C=O) groups excluding carboxylic acids is 1. The highest BCUT2D eigenvalue weighted by molar-refractivity contribution is 5.78. The summed E-state index contributed by atoms with van der Waals surface area (Å²) in [6.45, 7) is 16.6. The first-order valence-electron chi connectivity index (χ1n) is 16.0. The van der Waals surface area contributed by atoms with E-state index >= 15 is 0 Å². The number of unbranched alkanes of at least 4 members (excludes halogenated alkanes) is 1. The maximum atomic E-state index is 13.9. The largest absolute Gasteiger partial charge is 0.465 e. The van der Waals surface area contributed by atoms with E-state index in [4.69, 9.17) is 4.74 Å². The average molecular weight is 545 g/mol. The van der Waals surface area contributed by atoms with Crippen molar-refractivity contribution in [2.75, 3.05) is 13.2 Å². The Balaban J connectivity index is 1.56. The summed E-state index contributed by atoms with van der Waals surface area (Å²) in [6, 6.07) is 0. The number of aliphatic hydroxyl groups is 3. The summed E-state index contributed by atoms with van der Waals surface area (Å²) in [6.07, 6.45) is 11.2. The number of carbonyl (C=O) groups is 1. The summed E-state index contributed by atoms with van der Waals surface area (Å²) in [5, 5.41) is 32.6. The monoisotopic (exact) mass is 544 g/mol. The average Bonchev–Trinajstić information content (AvgIpc) is 2.87. The SMILES string of the molecule is CCCCOC(=O)[C@]12CCC(C)(C)C[C@H]1C1=CC[C@@H]3[C@@]4(C)C[C@@H](O)[C@H](O)[C@@](C)(CO)[C@@H]4CC[C@@]3(C)[C@]1(C)CC2. The summed E-state index contributed by atoms with van der Waals surface area (Å²) in [5.41, 5.74) is 0.441. The second-order valence-corrected chi connectivity index (χ2v) is 16.2. The quantitative estimate of drug-likeness (QED) is 0.211. The highest BCUT2D eigenvalue weighted by atomic mass is 16.5. The van der Waals surface area contributed by atoms with Crippen LogP contribution in [0.5, 0.6) is 0 Å². The Morgan fingerprint density at radius 2 is 1.67 bits per heavy atom. The van der Waals surface area contributed by atoms with Crippen LogP contribution in [-0.2, 0) is 9.53 Å². The molecule has 3 N–H and O–H groups in total. The van der Waals surface area contributed by atoms with Crippen molar-refractivity contribution in [3.8, 4) is 0 Å². The summed E-state index contributed by atoms with van der Waals surface area (Å²) < 4.78 is 6.00. The molecule has 0 bridgehead atoms. The maximum absolute atomic E-state index is 13.9. The standard InChI is InChI=1S/C34H56O5/c1-8-9-18-39-28(38)34-16-14-29(2,3)19-23(34)22-10-11-26-30(4)20-24(36)27(37)31(5,21-35)25(30)12-13-33(26,7)32(22,6)15-17-34/h10,23-27,35-37H,8-9,11-21H2,1-7H3/t23-,24+,25+,26+,27-,30-,31-,32+,33+,34-/m0/s1. The van der Waals surface area contributed by atoms with Crippen molar-refractivity contribution < 1.29 is 24.9 Å². The van der Waals surface area contributed by atoms with Gasteiger partial charge in [-0.2, -0.15) is 0 Å². The number of aliphatic hydroxyl groups excluding tert-OH is 3. The minimum absolute atomic E-state index is 0.0220. The van der Waals surface area contributed by atoms with E-state index in [1.165, 1.54) is 5.57 Å². The number of hydrogen-bond acceptors (Lipinski definition) is 5. The van der Waals surface area contributed by atoms with E-state index in [2.05, 4.69) is 47.6 Å². The van der Waals surface area contributed by atoms with Gasteiger partial charge in [-0.15, -0.1) is 0 Å². The van der Waals surface area contributed by atoms with Crippen molar-refractivity contribution in [1.82, 2.24) is 0 Å². The van der Waals surface area contributed by atoms with Crippen LogP contribution in [0.15, 0.2) is 11.6 Å². The van der Waals surface area contributed by atoms with E-state index in [1.54, 1.807) is 0 Å². The van der Waals surface area contributed by atoms with E-state index in [1.807, 2.05) is 6.92 Å². The molecule has 4 saturated carbocycles. The van der Waals surface area contributed by atoms with Crippen molar-refractivity contribution >= 4 is 5.97 Å². The van der Waals surface area contributed by atoms with Gasteiger partial charge in [0, 0.05) is 5.41 Å². The van der Waals surface area contributed by atoms with E-state index < -0.39 is 23.0 Å². The Morgan fingerprint density at radius 3 is 2.33 bits per heavy atom. The zero-order valence-corrected chi connectivity index (χ0v) is 25.8. The van der Waals surface area contributed by atoms with Crippen LogP contribution in [-0.4, -0.2) is 46.7 Å². The van der Waals surface area contributed by atoms with Gasteiger partial charge in [0.2, 0.25) is 0 Å². The van der Waals surface area contributed by atoms with Crippen LogP contribution in [0, 0.1) is 50.2 Å². The predicted octanol–water partition coefficient (Wildman–Crippen LogP) is 6.44. The molecule has 39 heavy (non-hydrogen) atoms. The summed E-state index contributed by atoms with van der Waals surface area (Å²) in [4.78, 5) is 13.9. The number of hydrogen-bond donors (Lipinski definition) is 3. The van der Waals surface area contributed by atoms with Crippen LogP contribution < -0.4 is 0 Å². The number of fused-ring (bicyclic) bond motifs is 7. The molecule has 0 aromatic rings. The molecule has 5 aliphatic rings. The fourth-order valence-electron chi connectivity index (χ4n) is 11.2. The Hall–Kier alpha value is -0.910. The highest BCUT2D eigenvalue weighted by Crippen LogP contribution is 2.75. The molecular weight excluding hydrogens is 488 g/mol. The molecule has 10 atom stereocenters. The Kier molecular flexibility index (Phi) is 7.25. The fraction of sp³-hybridized carbons (Fsp3) is 0.912. The second-order valence-electron chi connectivity index (χ2n) is 16.2. The third-order valence-electron chi connectivity index (χ3n) is 13.9. The Morgan fingerprint density at radius 1 is 0.974 bits per heavy atom. The maximum Gasteiger partial charge on any atom is 0.312 e. The molecule has 0 spiro atoms. The zero-order valence-electron chi connectivity index (χ0n) is 25.8. The zero-order chi connectivity index (χ0) is 28.6. The molecule has 0 amide bonds. The van der Waals surface area contributed by atoms with Gasteiger partial charge in [0.1, 0.15) is 0 Å². The number of esters is 1. The smallest absolute Gasteiger partial charge is 0.312 e. The molecule has 222 valence electrons. The minimum atomic E-state index is -0.895. The molecule has 0 unspecified atom stereocenters. The summed E-state index contributed by atoms with van der Waals surface area (Å²) in [7, 11) is 0. The normalized spacial score (nSPS) is 50.5. The van der Waals surface area contributed by atoms with Crippen LogP contribution in [0.4, 0.5) is 0 Å². The van der Waals surface area contributed by atoms with Gasteiger partial charge >= 0.3 is 5.97 Å². The van der Waals surface area contributed by atoms with Crippen LogP contribution in [0.3, 0.4) is 0 Å². The lowest BCUT2D eigenvalue weighted by molar-refractivity contribution is -0.243. The Bertz CT molecular complexity index is 1000. The molecule has 5 heteroatoms. The van der Waals surface area contributed by atoms with Gasteiger partial charge in [-0.05, 0) is 104 Å². The van der Waals surface area contributed by atoms with Crippen LogP contribution in [0.1, 0.15) is 119 Å². The molecule has 0 radical (unpaired) electrons. The molecule has 5 rings (SSSR count). The van der Waals surface area contributed by atoms with Gasteiger partial charge in [0.05, 0.1) is 30.8 Å². The lowest BCUT2D eigenvalue weighted by Gasteiger charge is -2.71. The van der Waals surface area contributed by atoms with Crippen LogP contribution in [0.25, 0.3) is 0 Å². The van der Waals surface area contributed by atoms with Gasteiger partial charge < -0.3 is 20.1 Å². The van der Waals surface area contributed by atoms with E-state index in [0.717, 1.165) is 64.2 Å². The number of ether oxygens (including phenoxy) is 1. The Labute approximate surface area is 237 Å². The fourth-order valence-corrected chi connectivity index (χ4v) is 11.2. The minimum Gasteiger partial charge on any atom is -0.465 e. The van der Waals surface area contributed by atoms with Crippen molar-refractivity contribution in [1.29, 1.82) is 0 Å². The van der Waals surface area contributed by atoms with E-state index in [0.29, 0.717) is 18.9 Å². The number of allylic oxidation sites excluding steroid dienone is 2. The third kappa shape index (κ3) is 3.98. The van der Waals surface area contributed by atoms with Crippen LogP contribution in [0.2, 0.25) is 0 Å². The van der Waals surface area contributed by atoms with Gasteiger partial charge in [-0.3, -0.25) is 4.79 Å². The van der Waals surface area contributed by atoms with Gasteiger partial charge in [0.25, 0.3) is 0 Å². The topological polar surface area (TPSA) is 87.0 Å². The van der Waals surface area contributed by atoms with Gasteiger partial charge in [-0.25, -0.2) is 0 Å². The first-order valence-corrected chi connectivity index (χ1v) is 16.0. The molecule has 5 nitrogen and oxygen atoms in total. The molecule has 0 heterocycles. The van der Waals surface area contributed by atoms with E-state index in [9.17, 15) is 20.1 Å². The second kappa shape index (κ2) is 9.56. The van der Waals surface area contributed by atoms with Gasteiger partial charge in [0.15, 0.2) is 0 Å². The lowest BCUT2D eigenvalue weighted by Crippen LogP contribution is -2.68. The summed E-state index contributed by atoms with van der Waals surface area (Å²) >= 11 is 0. The molecule has 4 fully saturated rings. The first-order chi connectivity index (χ1) is 18.2. The molecule has 0 saturated heterocycles. The highest BCUT2D eigenvalue weighted by Gasteiger charge is 2.70. The molecular formula is C34H56O5. The lowest BCUT2D eigenvalue weighted by atomic mass is 9.33. The van der Waals surface area contributed by atoms with Gasteiger partial charge in [-0.1, -0.05) is 66.5 Å². The first kappa shape index (κ1) is 29.6. The van der Waals surface area contributed by atoms with Crippen molar-refractivity contribution in [3.05, 3.63) is 11.6 Å². The van der Waals surface area contributed by atoms with Crippen LogP contribution >= 0.6 is 0 Å². The van der Waals surface area contributed by atoms with Crippen molar-refractivity contribution in [2.24, 2.45) is 50.2 Å². The summed E-state index contributed by atoms with van der Waals surface area (Å²) in [5.74, 6) is 0.783. The molecule has 0 aromatic carbocycles. The molecule has 0 aliphatic heterocycles. The molecule has 0 aromatic heterocycles. The van der Waals surface area contributed by atoms with Crippen molar-refractivity contribution in [3.63, 3.8) is 0 Å². The third-order valence-corrected chi connectivity index (χ3v) is 13.9. The molecule has 5 aliphatic carbocycles. The van der Waals surface area contributed by atoms with E-state index in [-0.39, 0.29) is 46.1 Å². The number of rotatable bonds is 5. The van der Waals surface area contributed by atoms with Crippen molar-refractivity contribution in [2.45, 2.75) is 131 Å².